The van der Waals surface area contributed by atoms with Crippen molar-refractivity contribution in [3.8, 4) is 11.3 Å². The van der Waals surface area contributed by atoms with Gasteiger partial charge in [-0.25, -0.2) is 18.7 Å². The molecule has 0 saturated carbocycles. The van der Waals surface area contributed by atoms with Crippen molar-refractivity contribution in [2.75, 3.05) is 0 Å². The Morgan fingerprint density at radius 2 is 2.10 bits per heavy atom. The molecule has 1 aromatic carbocycles. The number of hydrogen-bond donors (Lipinski definition) is 1. The first-order valence-corrected chi connectivity index (χ1v) is 5.91. The predicted molar refractivity (Wildman–Crippen MR) is 70.1 cm³/mol. The zero-order valence-corrected chi connectivity index (χ0v) is 10.5. The van der Waals surface area contributed by atoms with Gasteiger partial charge in [-0.3, -0.25) is 0 Å². The molecule has 100 valence electrons. The SMILES string of the molecule is Cc1cc(C(=O)O)nc2cc(-c3cccc(F)c3)nn12. The van der Waals surface area contributed by atoms with Crippen LogP contribution < -0.4 is 0 Å². The van der Waals surface area contributed by atoms with E-state index in [2.05, 4.69) is 10.1 Å². The number of carboxylic acids is 1. The monoisotopic (exact) mass is 271 g/mol. The molecule has 0 unspecified atom stereocenters. The summed E-state index contributed by atoms with van der Waals surface area (Å²) in [5.41, 5.74) is 2.19. The van der Waals surface area contributed by atoms with E-state index in [1.165, 1.54) is 22.7 Å². The number of halogens is 1. The largest absolute Gasteiger partial charge is 0.477 e. The van der Waals surface area contributed by atoms with Crippen molar-refractivity contribution in [1.82, 2.24) is 14.6 Å². The highest BCUT2D eigenvalue weighted by Gasteiger charge is 2.12. The molecule has 2 aromatic heterocycles. The summed E-state index contributed by atoms with van der Waals surface area (Å²) in [7, 11) is 0. The summed E-state index contributed by atoms with van der Waals surface area (Å²) in [6.45, 7) is 1.74. The van der Waals surface area contributed by atoms with E-state index in [1.54, 1.807) is 25.1 Å². The number of benzene rings is 1. The van der Waals surface area contributed by atoms with Crippen molar-refractivity contribution in [3.05, 3.63) is 53.6 Å². The average Bonchev–Trinajstić information content (AvgIpc) is 2.83. The summed E-state index contributed by atoms with van der Waals surface area (Å²) in [5.74, 6) is -1.44. The molecule has 5 nitrogen and oxygen atoms in total. The van der Waals surface area contributed by atoms with E-state index < -0.39 is 5.97 Å². The molecule has 0 radical (unpaired) electrons. The maximum atomic E-state index is 13.2. The van der Waals surface area contributed by atoms with E-state index in [4.69, 9.17) is 5.11 Å². The Morgan fingerprint density at radius 1 is 1.30 bits per heavy atom. The second kappa shape index (κ2) is 4.41. The quantitative estimate of drug-likeness (QED) is 0.777. The Balaban J connectivity index is 2.20. The minimum absolute atomic E-state index is 0.0410. The lowest BCUT2D eigenvalue weighted by atomic mass is 10.1. The molecule has 1 N–H and O–H groups in total. The summed E-state index contributed by atoms with van der Waals surface area (Å²) < 4.78 is 14.8. The fourth-order valence-electron chi connectivity index (χ4n) is 2.02. The van der Waals surface area contributed by atoms with Crippen LogP contribution in [0.4, 0.5) is 4.39 Å². The number of fused-ring (bicyclic) bond motifs is 1. The molecule has 2 heterocycles. The highest BCUT2D eigenvalue weighted by molar-refractivity contribution is 5.86. The Bertz CT molecular complexity index is 826. The lowest BCUT2D eigenvalue weighted by Gasteiger charge is -2.00. The number of aromatic carboxylic acids is 1. The molecular weight excluding hydrogens is 261 g/mol. The van der Waals surface area contributed by atoms with Crippen LogP contribution in [0.3, 0.4) is 0 Å². The first-order chi connectivity index (χ1) is 9.54. The standard InChI is InChI=1S/C14H10FN3O2/c1-8-5-12(14(19)20)16-13-7-11(17-18(8)13)9-3-2-4-10(15)6-9/h2-7H,1H3,(H,19,20). The van der Waals surface area contributed by atoms with Crippen molar-refractivity contribution in [3.63, 3.8) is 0 Å². The first kappa shape index (κ1) is 12.3. The first-order valence-electron chi connectivity index (χ1n) is 5.91. The van der Waals surface area contributed by atoms with Gasteiger partial charge in [0, 0.05) is 17.3 Å². The van der Waals surface area contributed by atoms with Crippen LogP contribution in [0.2, 0.25) is 0 Å². The summed E-state index contributed by atoms with van der Waals surface area (Å²) in [6.07, 6.45) is 0. The van der Waals surface area contributed by atoms with Crippen LogP contribution in [-0.4, -0.2) is 25.7 Å². The van der Waals surface area contributed by atoms with Gasteiger partial charge in [0.2, 0.25) is 0 Å². The molecule has 6 heteroatoms. The predicted octanol–water partition coefficient (Wildman–Crippen LogP) is 2.54. The van der Waals surface area contributed by atoms with Crippen LogP contribution in [0.25, 0.3) is 16.9 Å². The molecular formula is C14H10FN3O2. The number of aryl methyl sites for hydroxylation is 1. The summed E-state index contributed by atoms with van der Waals surface area (Å²) >= 11 is 0. The highest BCUT2D eigenvalue weighted by atomic mass is 19.1. The summed E-state index contributed by atoms with van der Waals surface area (Å²) in [6, 6.07) is 9.13. The van der Waals surface area contributed by atoms with Gasteiger partial charge < -0.3 is 5.11 Å². The topological polar surface area (TPSA) is 67.5 Å². The van der Waals surface area contributed by atoms with Crippen LogP contribution in [0, 0.1) is 12.7 Å². The lowest BCUT2D eigenvalue weighted by Crippen LogP contribution is -2.05. The molecule has 0 aliphatic carbocycles. The molecule has 0 spiro atoms. The third-order valence-corrected chi connectivity index (χ3v) is 2.94. The Kier molecular flexibility index (Phi) is 2.71. The average molecular weight is 271 g/mol. The normalized spacial score (nSPS) is 10.9. The molecule has 0 atom stereocenters. The maximum absolute atomic E-state index is 13.2. The van der Waals surface area contributed by atoms with Crippen molar-refractivity contribution in [2.45, 2.75) is 6.92 Å². The van der Waals surface area contributed by atoms with Crippen LogP contribution in [-0.2, 0) is 0 Å². The van der Waals surface area contributed by atoms with E-state index in [1.807, 2.05) is 0 Å². The number of nitrogens with zero attached hydrogens (tertiary/aromatic N) is 3. The third-order valence-electron chi connectivity index (χ3n) is 2.94. The van der Waals surface area contributed by atoms with Gasteiger partial charge in [-0.1, -0.05) is 12.1 Å². The lowest BCUT2D eigenvalue weighted by molar-refractivity contribution is 0.0690. The van der Waals surface area contributed by atoms with Gasteiger partial charge in [-0.05, 0) is 25.1 Å². The fourth-order valence-corrected chi connectivity index (χ4v) is 2.02. The van der Waals surface area contributed by atoms with Gasteiger partial charge in [0.05, 0.1) is 5.69 Å². The second-order valence-corrected chi connectivity index (χ2v) is 4.40. The van der Waals surface area contributed by atoms with Crippen molar-refractivity contribution in [1.29, 1.82) is 0 Å². The van der Waals surface area contributed by atoms with E-state index in [0.29, 0.717) is 22.6 Å². The molecule has 3 aromatic rings. The Morgan fingerprint density at radius 3 is 2.80 bits per heavy atom. The molecule has 0 saturated heterocycles. The summed E-state index contributed by atoms with van der Waals surface area (Å²) in [5, 5.41) is 13.3. The molecule has 3 rings (SSSR count). The minimum atomic E-state index is -1.09. The molecule has 0 fully saturated rings. The Hall–Kier alpha value is -2.76. The van der Waals surface area contributed by atoms with Gasteiger partial charge in [0.25, 0.3) is 0 Å². The van der Waals surface area contributed by atoms with Crippen molar-refractivity contribution >= 4 is 11.6 Å². The van der Waals surface area contributed by atoms with Gasteiger partial charge in [-0.15, -0.1) is 0 Å². The minimum Gasteiger partial charge on any atom is -0.477 e. The summed E-state index contributed by atoms with van der Waals surface area (Å²) in [4.78, 5) is 15.0. The van der Waals surface area contributed by atoms with Crippen LogP contribution in [0.5, 0.6) is 0 Å². The number of hydrogen-bond acceptors (Lipinski definition) is 3. The Labute approximate surface area is 113 Å². The molecule has 0 aliphatic rings. The van der Waals surface area contributed by atoms with E-state index in [-0.39, 0.29) is 11.5 Å². The van der Waals surface area contributed by atoms with Crippen molar-refractivity contribution < 1.29 is 14.3 Å². The van der Waals surface area contributed by atoms with Crippen LogP contribution in [0.1, 0.15) is 16.2 Å². The number of carboxylic acid groups (broad SMARTS) is 1. The zero-order valence-electron chi connectivity index (χ0n) is 10.5. The fraction of sp³-hybridized carbons (Fsp3) is 0.0714. The highest BCUT2D eigenvalue weighted by Crippen LogP contribution is 2.20. The second-order valence-electron chi connectivity index (χ2n) is 4.40. The number of carbonyl (C=O) groups is 1. The van der Waals surface area contributed by atoms with Crippen LogP contribution in [0.15, 0.2) is 36.4 Å². The van der Waals surface area contributed by atoms with Crippen molar-refractivity contribution in [2.24, 2.45) is 0 Å². The van der Waals surface area contributed by atoms with Gasteiger partial charge in [0.1, 0.15) is 5.82 Å². The van der Waals surface area contributed by atoms with Crippen LogP contribution >= 0.6 is 0 Å². The van der Waals surface area contributed by atoms with Gasteiger partial charge in [-0.2, -0.15) is 5.10 Å². The third kappa shape index (κ3) is 2.01. The molecule has 0 aliphatic heterocycles. The zero-order chi connectivity index (χ0) is 14.3. The molecule has 0 amide bonds. The smallest absolute Gasteiger partial charge is 0.354 e. The van der Waals surface area contributed by atoms with E-state index in [0.717, 1.165) is 0 Å². The van der Waals surface area contributed by atoms with E-state index >= 15 is 0 Å². The number of rotatable bonds is 2. The molecule has 20 heavy (non-hydrogen) atoms. The van der Waals surface area contributed by atoms with E-state index in [9.17, 15) is 9.18 Å². The molecule has 0 bridgehead atoms. The number of aromatic nitrogens is 3. The van der Waals surface area contributed by atoms with Gasteiger partial charge >= 0.3 is 5.97 Å². The maximum Gasteiger partial charge on any atom is 0.354 e. The van der Waals surface area contributed by atoms with Gasteiger partial charge in [0.15, 0.2) is 11.3 Å².